The number of aryl methyl sites for hydroxylation is 1. The van der Waals surface area contributed by atoms with Gasteiger partial charge in [0, 0.05) is 6.20 Å². The zero-order valence-electron chi connectivity index (χ0n) is 8.98. The lowest BCUT2D eigenvalue weighted by molar-refractivity contribution is 0.716. The van der Waals surface area contributed by atoms with E-state index in [2.05, 4.69) is 29.1 Å². The molecule has 0 spiro atoms. The molecule has 0 fully saturated rings. The van der Waals surface area contributed by atoms with Crippen molar-refractivity contribution in [2.45, 2.75) is 32.6 Å². The van der Waals surface area contributed by atoms with Gasteiger partial charge in [-0.1, -0.05) is 19.8 Å². The third-order valence-electron chi connectivity index (χ3n) is 2.49. The molecule has 2 heterocycles. The fourth-order valence-corrected chi connectivity index (χ4v) is 1.68. The van der Waals surface area contributed by atoms with Gasteiger partial charge in [-0.3, -0.25) is 0 Å². The number of pyridine rings is 1. The second-order valence-electron chi connectivity index (χ2n) is 3.76. The summed E-state index contributed by atoms with van der Waals surface area (Å²) >= 11 is 0. The largest absolute Gasteiger partial charge is 0.366 e. The molecule has 0 saturated heterocycles. The van der Waals surface area contributed by atoms with Crippen molar-refractivity contribution in [1.82, 2.24) is 14.6 Å². The molecule has 0 aliphatic heterocycles. The van der Waals surface area contributed by atoms with Gasteiger partial charge in [0.05, 0.1) is 0 Å². The Bertz CT molecular complexity index is 447. The molecule has 2 aromatic rings. The van der Waals surface area contributed by atoms with Crippen molar-refractivity contribution in [1.29, 1.82) is 0 Å². The monoisotopic (exact) mass is 204 g/mol. The molecular weight excluding hydrogens is 188 g/mol. The highest BCUT2D eigenvalue weighted by molar-refractivity contribution is 5.43. The van der Waals surface area contributed by atoms with Crippen LogP contribution in [0.4, 0.5) is 5.95 Å². The first-order chi connectivity index (χ1) is 7.29. The van der Waals surface area contributed by atoms with Gasteiger partial charge in [0.1, 0.15) is 0 Å². The van der Waals surface area contributed by atoms with Crippen molar-refractivity contribution >= 4 is 11.6 Å². The van der Waals surface area contributed by atoms with E-state index in [9.17, 15) is 0 Å². The Morgan fingerprint density at radius 3 is 3.07 bits per heavy atom. The van der Waals surface area contributed by atoms with Crippen molar-refractivity contribution in [3.63, 3.8) is 0 Å². The fourth-order valence-electron chi connectivity index (χ4n) is 1.68. The fraction of sp³-hybridized carbons (Fsp3) is 0.455. The van der Waals surface area contributed by atoms with Gasteiger partial charge in [0.2, 0.25) is 5.95 Å². The molecule has 0 unspecified atom stereocenters. The maximum Gasteiger partial charge on any atom is 0.240 e. The normalized spacial score (nSPS) is 11.0. The van der Waals surface area contributed by atoms with Crippen molar-refractivity contribution < 1.29 is 0 Å². The summed E-state index contributed by atoms with van der Waals surface area (Å²) < 4.78 is 1.71. The third kappa shape index (κ3) is 2.26. The van der Waals surface area contributed by atoms with Gasteiger partial charge in [0.15, 0.2) is 5.65 Å². The quantitative estimate of drug-likeness (QED) is 0.775. The average Bonchev–Trinajstić information content (AvgIpc) is 2.57. The van der Waals surface area contributed by atoms with Crippen LogP contribution in [0.5, 0.6) is 0 Å². The minimum absolute atomic E-state index is 0.334. The molecule has 2 N–H and O–H groups in total. The van der Waals surface area contributed by atoms with E-state index in [0.29, 0.717) is 5.95 Å². The Kier molecular flexibility index (Phi) is 2.85. The number of hydrogen-bond donors (Lipinski definition) is 1. The number of aromatic nitrogens is 3. The minimum atomic E-state index is 0.334. The highest BCUT2D eigenvalue weighted by Gasteiger charge is 2.00. The Labute approximate surface area is 89.1 Å². The molecule has 2 aromatic heterocycles. The van der Waals surface area contributed by atoms with Crippen molar-refractivity contribution in [3.8, 4) is 0 Å². The van der Waals surface area contributed by atoms with Crippen LogP contribution < -0.4 is 5.73 Å². The van der Waals surface area contributed by atoms with Gasteiger partial charge in [-0.15, -0.1) is 5.10 Å². The lowest BCUT2D eigenvalue weighted by Gasteiger charge is -2.00. The molecule has 0 bridgehead atoms. The minimum Gasteiger partial charge on any atom is -0.366 e. The number of hydrogen-bond acceptors (Lipinski definition) is 3. The summed E-state index contributed by atoms with van der Waals surface area (Å²) in [6.45, 7) is 2.21. The molecule has 4 heteroatoms. The van der Waals surface area contributed by atoms with E-state index in [1.54, 1.807) is 4.52 Å². The zero-order chi connectivity index (χ0) is 10.7. The molecule has 0 amide bonds. The highest BCUT2D eigenvalue weighted by atomic mass is 15.3. The molecule has 4 nitrogen and oxygen atoms in total. The summed E-state index contributed by atoms with van der Waals surface area (Å²) in [6, 6.07) is 4.13. The number of anilines is 1. The van der Waals surface area contributed by atoms with Crippen molar-refractivity contribution in [2.24, 2.45) is 0 Å². The summed E-state index contributed by atoms with van der Waals surface area (Å²) in [5.41, 5.74) is 7.66. The van der Waals surface area contributed by atoms with E-state index >= 15 is 0 Å². The van der Waals surface area contributed by atoms with Gasteiger partial charge in [0.25, 0.3) is 0 Å². The highest BCUT2D eigenvalue weighted by Crippen LogP contribution is 2.10. The number of rotatable bonds is 4. The first-order valence-electron chi connectivity index (χ1n) is 5.40. The lowest BCUT2D eigenvalue weighted by Crippen LogP contribution is -1.91. The van der Waals surface area contributed by atoms with Crippen LogP contribution in [-0.4, -0.2) is 14.6 Å². The maximum atomic E-state index is 5.52. The predicted octanol–water partition coefficient (Wildman–Crippen LogP) is 2.04. The Balaban J connectivity index is 2.15. The first kappa shape index (κ1) is 9.96. The molecule has 0 aliphatic carbocycles. The van der Waals surface area contributed by atoms with Crippen LogP contribution in [0.25, 0.3) is 5.65 Å². The maximum absolute atomic E-state index is 5.52. The van der Waals surface area contributed by atoms with Crippen LogP contribution >= 0.6 is 0 Å². The molecule has 0 aromatic carbocycles. The summed E-state index contributed by atoms with van der Waals surface area (Å²) in [6.07, 6.45) is 6.79. The molecule has 0 radical (unpaired) electrons. The zero-order valence-corrected chi connectivity index (χ0v) is 8.98. The van der Waals surface area contributed by atoms with Crippen LogP contribution in [0.2, 0.25) is 0 Å². The molecule has 0 saturated carbocycles. The Morgan fingerprint density at radius 2 is 2.27 bits per heavy atom. The molecule has 2 rings (SSSR count). The molecule has 80 valence electrons. The Morgan fingerprint density at radius 1 is 1.40 bits per heavy atom. The van der Waals surface area contributed by atoms with Gasteiger partial charge >= 0.3 is 0 Å². The smallest absolute Gasteiger partial charge is 0.240 e. The average molecular weight is 204 g/mol. The standard InChI is InChI=1S/C11H16N4/c1-2-3-4-5-9-6-7-15-10(8-9)13-11(12)14-15/h6-8H,2-5H2,1H3,(H2,12,14). The van der Waals surface area contributed by atoms with E-state index in [1.807, 2.05) is 6.20 Å². The van der Waals surface area contributed by atoms with Crippen LogP contribution in [0, 0.1) is 0 Å². The molecule has 0 atom stereocenters. The predicted molar refractivity (Wildman–Crippen MR) is 60.6 cm³/mol. The van der Waals surface area contributed by atoms with Crippen molar-refractivity contribution in [2.75, 3.05) is 5.73 Å². The van der Waals surface area contributed by atoms with Crippen LogP contribution in [0.1, 0.15) is 31.7 Å². The number of nitrogens with zero attached hydrogens (tertiary/aromatic N) is 3. The third-order valence-corrected chi connectivity index (χ3v) is 2.49. The van der Waals surface area contributed by atoms with Gasteiger partial charge in [-0.05, 0) is 30.5 Å². The second-order valence-corrected chi connectivity index (χ2v) is 3.76. The number of nitrogen functional groups attached to an aromatic ring is 1. The number of fused-ring (bicyclic) bond motifs is 1. The van der Waals surface area contributed by atoms with Crippen LogP contribution in [0.3, 0.4) is 0 Å². The topological polar surface area (TPSA) is 56.2 Å². The molecule has 0 aliphatic rings. The van der Waals surface area contributed by atoms with Crippen LogP contribution in [-0.2, 0) is 6.42 Å². The van der Waals surface area contributed by atoms with E-state index < -0.39 is 0 Å². The first-order valence-corrected chi connectivity index (χ1v) is 5.40. The summed E-state index contributed by atoms with van der Waals surface area (Å²) in [4.78, 5) is 4.13. The van der Waals surface area contributed by atoms with E-state index in [1.165, 1.54) is 24.8 Å². The number of unbranched alkanes of at least 4 members (excludes halogenated alkanes) is 2. The SMILES string of the molecule is CCCCCc1ccn2nc(N)nc2c1. The summed E-state index contributed by atoms with van der Waals surface area (Å²) in [5.74, 6) is 0.334. The molecular formula is C11H16N4. The Hall–Kier alpha value is -1.58. The van der Waals surface area contributed by atoms with Gasteiger partial charge in [-0.25, -0.2) is 4.52 Å². The van der Waals surface area contributed by atoms with Gasteiger partial charge < -0.3 is 5.73 Å². The van der Waals surface area contributed by atoms with Crippen molar-refractivity contribution in [3.05, 3.63) is 23.9 Å². The second kappa shape index (κ2) is 4.29. The summed E-state index contributed by atoms with van der Waals surface area (Å²) in [5, 5.41) is 4.03. The van der Waals surface area contributed by atoms with Gasteiger partial charge in [-0.2, -0.15) is 4.98 Å². The number of nitrogens with two attached hydrogens (primary N) is 1. The van der Waals surface area contributed by atoms with Crippen LogP contribution in [0.15, 0.2) is 18.3 Å². The lowest BCUT2D eigenvalue weighted by atomic mass is 10.1. The molecule has 15 heavy (non-hydrogen) atoms. The summed E-state index contributed by atoms with van der Waals surface area (Å²) in [7, 11) is 0. The van der Waals surface area contributed by atoms with E-state index in [-0.39, 0.29) is 0 Å². The van der Waals surface area contributed by atoms with E-state index in [0.717, 1.165) is 12.1 Å². The van der Waals surface area contributed by atoms with E-state index in [4.69, 9.17) is 5.73 Å².